The lowest BCUT2D eigenvalue weighted by molar-refractivity contribution is -0.158. The van der Waals surface area contributed by atoms with E-state index in [1.165, 1.54) is 13.5 Å². The molecule has 0 saturated heterocycles. The van der Waals surface area contributed by atoms with Crippen molar-refractivity contribution >= 4 is 11.9 Å². The average Bonchev–Trinajstić information content (AvgIpc) is 2.48. The number of hydrogen-bond donors (Lipinski definition) is 0. The van der Waals surface area contributed by atoms with E-state index in [9.17, 15) is 9.59 Å². The minimum atomic E-state index is -0.128. The van der Waals surface area contributed by atoms with Gasteiger partial charge in [0, 0.05) is 0 Å². The molecule has 0 N–H and O–H groups in total. The molecule has 4 nitrogen and oxygen atoms in total. The van der Waals surface area contributed by atoms with Gasteiger partial charge in [-0.2, -0.15) is 0 Å². The number of carbonyl (C=O) groups is 2. The Kier molecular flexibility index (Phi) is 5.23. The van der Waals surface area contributed by atoms with Crippen LogP contribution in [0.2, 0.25) is 0 Å². The highest BCUT2D eigenvalue weighted by Gasteiger charge is 2.30. The highest BCUT2D eigenvalue weighted by atomic mass is 16.5. The molecule has 19 heavy (non-hydrogen) atoms. The summed E-state index contributed by atoms with van der Waals surface area (Å²) in [5.74, 6) is -0.0278. The third kappa shape index (κ3) is 3.95. The van der Waals surface area contributed by atoms with Crippen molar-refractivity contribution in [2.24, 2.45) is 11.8 Å². The number of rotatable bonds is 3. The van der Waals surface area contributed by atoms with Gasteiger partial charge in [-0.05, 0) is 38.5 Å². The van der Waals surface area contributed by atoms with Crippen molar-refractivity contribution < 1.29 is 19.1 Å². The number of esters is 2. The second-order valence-electron chi connectivity index (χ2n) is 5.77. The van der Waals surface area contributed by atoms with Crippen LogP contribution in [-0.2, 0) is 19.1 Å². The Morgan fingerprint density at radius 3 is 1.95 bits per heavy atom. The molecular formula is C15H24O4. The van der Waals surface area contributed by atoms with Crippen LogP contribution in [0.5, 0.6) is 0 Å². The molecule has 0 aromatic rings. The summed E-state index contributed by atoms with van der Waals surface area (Å²) in [6.07, 6.45) is 8.64. The molecule has 2 aliphatic carbocycles. The summed E-state index contributed by atoms with van der Waals surface area (Å²) in [6, 6.07) is 0. The van der Waals surface area contributed by atoms with Crippen LogP contribution in [0, 0.1) is 11.8 Å². The Bertz CT molecular complexity index is 312. The monoisotopic (exact) mass is 268 g/mol. The molecule has 0 heterocycles. The Labute approximate surface area is 114 Å². The van der Waals surface area contributed by atoms with E-state index in [1.807, 2.05) is 0 Å². The van der Waals surface area contributed by atoms with Gasteiger partial charge in [0.2, 0.25) is 0 Å². The van der Waals surface area contributed by atoms with Crippen LogP contribution in [0.1, 0.15) is 57.8 Å². The fourth-order valence-corrected chi connectivity index (χ4v) is 3.18. The molecule has 108 valence electrons. The van der Waals surface area contributed by atoms with Crippen molar-refractivity contribution in [1.82, 2.24) is 0 Å². The molecule has 0 unspecified atom stereocenters. The molecule has 0 aromatic carbocycles. The van der Waals surface area contributed by atoms with E-state index in [-0.39, 0.29) is 29.9 Å². The van der Waals surface area contributed by atoms with E-state index in [0.29, 0.717) is 0 Å². The Morgan fingerprint density at radius 1 is 0.789 bits per heavy atom. The lowest BCUT2D eigenvalue weighted by Crippen LogP contribution is -2.31. The molecule has 2 rings (SSSR count). The van der Waals surface area contributed by atoms with Gasteiger partial charge in [-0.3, -0.25) is 9.59 Å². The molecule has 2 fully saturated rings. The number of carbonyl (C=O) groups excluding carboxylic acids is 2. The quantitative estimate of drug-likeness (QED) is 0.739. The molecule has 2 aliphatic rings. The number of hydrogen-bond acceptors (Lipinski definition) is 4. The normalized spacial score (nSPS) is 28.7. The molecule has 0 aliphatic heterocycles. The third-order valence-electron chi connectivity index (χ3n) is 4.43. The van der Waals surface area contributed by atoms with E-state index in [1.54, 1.807) is 0 Å². The zero-order chi connectivity index (χ0) is 13.7. The minimum absolute atomic E-state index is 0.00497. The predicted molar refractivity (Wildman–Crippen MR) is 70.4 cm³/mol. The maximum absolute atomic E-state index is 12.0. The van der Waals surface area contributed by atoms with Crippen LogP contribution >= 0.6 is 0 Å². The van der Waals surface area contributed by atoms with Gasteiger partial charge in [-0.1, -0.05) is 19.3 Å². The van der Waals surface area contributed by atoms with Crippen LogP contribution in [0.25, 0.3) is 0 Å². The highest BCUT2D eigenvalue weighted by molar-refractivity contribution is 5.73. The summed E-state index contributed by atoms with van der Waals surface area (Å²) >= 11 is 0. The first-order chi connectivity index (χ1) is 9.20. The van der Waals surface area contributed by atoms with Gasteiger partial charge in [-0.25, -0.2) is 0 Å². The summed E-state index contributed by atoms with van der Waals surface area (Å²) in [5.41, 5.74) is 0. The van der Waals surface area contributed by atoms with Crippen LogP contribution < -0.4 is 0 Å². The minimum Gasteiger partial charge on any atom is -0.469 e. The molecule has 4 heteroatoms. The Balaban J connectivity index is 1.72. The van der Waals surface area contributed by atoms with Crippen molar-refractivity contribution in [3.8, 4) is 0 Å². The molecule has 0 amide bonds. The fraction of sp³-hybridized carbons (Fsp3) is 0.867. The number of methoxy groups -OCH3 is 1. The zero-order valence-corrected chi connectivity index (χ0v) is 11.7. The summed E-state index contributed by atoms with van der Waals surface area (Å²) in [6.45, 7) is 0. The Morgan fingerprint density at radius 2 is 1.37 bits per heavy atom. The molecule has 2 saturated carbocycles. The smallest absolute Gasteiger partial charge is 0.309 e. The molecule has 0 aromatic heterocycles. The van der Waals surface area contributed by atoms with Crippen molar-refractivity contribution in [2.45, 2.75) is 63.9 Å². The first-order valence-corrected chi connectivity index (χ1v) is 7.49. The molecule has 0 atom stereocenters. The van der Waals surface area contributed by atoms with E-state index in [4.69, 9.17) is 9.47 Å². The van der Waals surface area contributed by atoms with E-state index in [2.05, 4.69) is 0 Å². The lowest BCUT2D eigenvalue weighted by Gasteiger charge is -2.29. The summed E-state index contributed by atoms with van der Waals surface area (Å²) < 4.78 is 10.4. The predicted octanol–water partition coefficient (Wildman–Crippen LogP) is 2.84. The SMILES string of the molecule is COC(=O)C1CCC(OC(=O)C2CCCCC2)CC1. The van der Waals surface area contributed by atoms with Gasteiger partial charge >= 0.3 is 11.9 Å². The summed E-state index contributed by atoms with van der Waals surface area (Å²) in [7, 11) is 1.43. The lowest BCUT2D eigenvalue weighted by atomic mass is 9.86. The Hall–Kier alpha value is -1.06. The zero-order valence-electron chi connectivity index (χ0n) is 11.7. The van der Waals surface area contributed by atoms with Crippen LogP contribution in [0.4, 0.5) is 0 Å². The van der Waals surface area contributed by atoms with Crippen LogP contribution in [-0.4, -0.2) is 25.2 Å². The van der Waals surface area contributed by atoms with E-state index < -0.39 is 0 Å². The summed E-state index contributed by atoms with van der Waals surface area (Å²) in [4.78, 5) is 23.4. The van der Waals surface area contributed by atoms with Crippen molar-refractivity contribution in [3.05, 3.63) is 0 Å². The fourth-order valence-electron chi connectivity index (χ4n) is 3.18. The van der Waals surface area contributed by atoms with Crippen molar-refractivity contribution in [2.75, 3.05) is 7.11 Å². The van der Waals surface area contributed by atoms with E-state index >= 15 is 0 Å². The molecule has 0 spiro atoms. The first-order valence-electron chi connectivity index (χ1n) is 7.49. The van der Waals surface area contributed by atoms with Gasteiger partial charge in [0.15, 0.2) is 0 Å². The second kappa shape index (κ2) is 6.92. The molecule has 0 radical (unpaired) electrons. The van der Waals surface area contributed by atoms with Crippen LogP contribution in [0.15, 0.2) is 0 Å². The maximum atomic E-state index is 12.0. The molecular weight excluding hydrogens is 244 g/mol. The molecule has 0 bridgehead atoms. The van der Waals surface area contributed by atoms with Gasteiger partial charge < -0.3 is 9.47 Å². The third-order valence-corrected chi connectivity index (χ3v) is 4.43. The van der Waals surface area contributed by atoms with Gasteiger partial charge in [0.1, 0.15) is 6.10 Å². The van der Waals surface area contributed by atoms with Gasteiger partial charge in [0.05, 0.1) is 18.9 Å². The first kappa shape index (κ1) is 14.4. The number of ether oxygens (including phenoxy) is 2. The average molecular weight is 268 g/mol. The largest absolute Gasteiger partial charge is 0.469 e. The maximum Gasteiger partial charge on any atom is 0.309 e. The topological polar surface area (TPSA) is 52.6 Å². The van der Waals surface area contributed by atoms with Crippen LogP contribution in [0.3, 0.4) is 0 Å². The summed E-state index contributed by atoms with van der Waals surface area (Å²) in [5, 5.41) is 0. The van der Waals surface area contributed by atoms with Crippen molar-refractivity contribution in [1.29, 1.82) is 0 Å². The standard InChI is InChI=1S/C15H24O4/c1-18-14(16)12-7-9-13(10-8-12)19-15(17)11-5-3-2-4-6-11/h11-13H,2-10H2,1H3. The van der Waals surface area contributed by atoms with Gasteiger partial charge in [-0.15, -0.1) is 0 Å². The van der Waals surface area contributed by atoms with Gasteiger partial charge in [0.25, 0.3) is 0 Å². The van der Waals surface area contributed by atoms with Crippen molar-refractivity contribution in [3.63, 3.8) is 0 Å². The van der Waals surface area contributed by atoms with E-state index in [0.717, 1.165) is 51.4 Å². The highest BCUT2D eigenvalue weighted by Crippen LogP contribution is 2.30. The second-order valence-corrected chi connectivity index (χ2v) is 5.77.